The number of nitrogens with zero attached hydrogens (tertiary/aromatic N) is 2. The van der Waals surface area contributed by atoms with Gasteiger partial charge < -0.3 is 9.80 Å². The SMILES string of the molecule is CC(C)(C)c1ccc(C(=O)N2CCCN(C(=O)c3cccs3)CC2)cc1. The van der Waals surface area contributed by atoms with Crippen molar-refractivity contribution in [1.82, 2.24) is 9.80 Å². The molecule has 3 rings (SSSR count). The Morgan fingerprint density at radius 1 is 0.885 bits per heavy atom. The molecule has 1 aliphatic heterocycles. The minimum Gasteiger partial charge on any atom is -0.337 e. The molecule has 2 heterocycles. The van der Waals surface area contributed by atoms with Crippen molar-refractivity contribution in [3.05, 3.63) is 57.8 Å². The number of rotatable bonds is 2. The number of hydrogen-bond acceptors (Lipinski definition) is 3. The molecule has 138 valence electrons. The van der Waals surface area contributed by atoms with Crippen LogP contribution in [0.3, 0.4) is 0 Å². The zero-order valence-corrected chi connectivity index (χ0v) is 16.5. The molecule has 1 saturated heterocycles. The van der Waals surface area contributed by atoms with E-state index in [9.17, 15) is 9.59 Å². The standard InChI is InChI=1S/C21H26N2O2S/c1-21(2,3)17-9-7-16(8-10-17)19(24)22-11-5-12-23(14-13-22)20(25)18-6-4-15-26-18/h4,6-10,15H,5,11-14H2,1-3H3. The zero-order valence-electron chi connectivity index (χ0n) is 15.7. The van der Waals surface area contributed by atoms with E-state index in [1.807, 2.05) is 51.6 Å². The van der Waals surface area contributed by atoms with Gasteiger partial charge in [0.05, 0.1) is 4.88 Å². The van der Waals surface area contributed by atoms with E-state index < -0.39 is 0 Å². The number of hydrogen-bond donors (Lipinski definition) is 0. The van der Waals surface area contributed by atoms with Crippen LogP contribution in [0.25, 0.3) is 0 Å². The molecule has 5 heteroatoms. The average Bonchev–Trinajstić information content (AvgIpc) is 3.04. The van der Waals surface area contributed by atoms with E-state index >= 15 is 0 Å². The smallest absolute Gasteiger partial charge is 0.263 e. The second-order valence-electron chi connectivity index (χ2n) is 7.74. The highest BCUT2D eigenvalue weighted by molar-refractivity contribution is 7.12. The minimum atomic E-state index is 0.0517. The van der Waals surface area contributed by atoms with Crippen LogP contribution in [0.5, 0.6) is 0 Å². The third kappa shape index (κ3) is 4.15. The van der Waals surface area contributed by atoms with Crippen molar-refractivity contribution in [2.24, 2.45) is 0 Å². The Kier molecular flexibility index (Phi) is 5.47. The largest absolute Gasteiger partial charge is 0.337 e. The zero-order chi connectivity index (χ0) is 18.7. The second-order valence-corrected chi connectivity index (χ2v) is 8.69. The third-order valence-electron chi connectivity index (χ3n) is 4.80. The van der Waals surface area contributed by atoms with Gasteiger partial charge in [0.15, 0.2) is 0 Å². The van der Waals surface area contributed by atoms with E-state index in [-0.39, 0.29) is 17.2 Å². The Bertz CT molecular complexity index is 760. The fraction of sp³-hybridized carbons (Fsp3) is 0.429. The van der Waals surface area contributed by atoms with Crippen molar-refractivity contribution in [3.8, 4) is 0 Å². The predicted octanol–water partition coefficient (Wildman–Crippen LogP) is 4.03. The Labute approximate surface area is 159 Å². The lowest BCUT2D eigenvalue weighted by Crippen LogP contribution is -2.37. The maximum atomic E-state index is 12.8. The first-order chi connectivity index (χ1) is 12.4. The van der Waals surface area contributed by atoms with Crippen LogP contribution in [-0.4, -0.2) is 47.8 Å². The number of amides is 2. The Morgan fingerprint density at radius 2 is 1.50 bits per heavy atom. The lowest BCUT2D eigenvalue weighted by molar-refractivity contribution is 0.0721. The fourth-order valence-corrected chi connectivity index (χ4v) is 3.87. The Hall–Kier alpha value is -2.14. The number of thiophene rings is 1. The maximum absolute atomic E-state index is 12.8. The Morgan fingerprint density at radius 3 is 2.04 bits per heavy atom. The molecule has 0 bridgehead atoms. The maximum Gasteiger partial charge on any atom is 0.263 e. The topological polar surface area (TPSA) is 40.6 Å². The van der Waals surface area contributed by atoms with E-state index in [1.54, 1.807) is 0 Å². The van der Waals surface area contributed by atoms with Crippen LogP contribution in [0.1, 0.15) is 52.8 Å². The molecule has 0 N–H and O–H groups in total. The van der Waals surface area contributed by atoms with Crippen molar-refractivity contribution in [3.63, 3.8) is 0 Å². The molecule has 1 aromatic heterocycles. The Balaban J connectivity index is 1.65. The van der Waals surface area contributed by atoms with Crippen LogP contribution in [0, 0.1) is 0 Å². The van der Waals surface area contributed by atoms with E-state index in [4.69, 9.17) is 0 Å². The van der Waals surface area contributed by atoms with Gasteiger partial charge in [-0.05, 0) is 41.0 Å². The second kappa shape index (κ2) is 7.62. The van der Waals surface area contributed by atoms with E-state index in [0.717, 1.165) is 16.9 Å². The van der Waals surface area contributed by atoms with Crippen LogP contribution in [0.4, 0.5) is 0 Å². The molecular formula is C21H26N2O2S. The van der Waals surface area contributed by atoms with Crippen LogP contribution < -0.4 is 0 Å². The van der Waals surface area contributed by atoms with Gasteiger partial charge in [-0.2, -0.15) is 0 Å². The van der Waals surface area contributed by atoms with Gasteiger partial charge in [-0.1, -0.05) is 39.0 Å². The molecule has 0 radical (unpaired) electrons. The highest BCUT2D eigenvalue weighted by Crippen LogP contribution is 2.23. The van der Waals surface area contributed by atoms with Crippen LogP contribution in [-0.2, 0) is 5.41 Å². The fourth-order valence-electron chi connectivity index (χ4n) is 3.18. The predicted molar refractivity (Wildman–Crippen MR) is 106 cm³/mol. The molecule has 0 spiro atoms. The molecule has 1 fully saturated rings. The van der Waals surface area contributed by atoms with Crippen LogP contribution in [0.15, 0.2) is 41.8 Å². The normalized spacial score (nSPS) is 15.7. The van der Waals surface area contributed by atoms with Gasteiger partial charge in [-0.3, -0.25) is 9.59 Å². The molecule has 0 aliphatic carbocycles. The van der Waals surface area contributed by atoms with Gasteiger partial charge >= 0.3 is 0 Å². The van der Waals surface area contributed by atoms with E-state index in [2.05, 4.69) is 20.8 Å². The van der Waals surface area contributed by atoms with Crippen molar-refractivity contribution in [2.45, 2.75) is 32.6 Å². The van der Waals surface area contributed by atoms with Gasteiger partial charge in [0.25, 0.3) is 11.8 Å². The first-order valence-electron chi connectivity index (χ1n) is 9.09. The first-order valence-corrected chi connectivity index (χ1v) is 9.97. The van der Waals surface area contributed by atoms with Gasteiger partial charge in [0.2, 0.25) is 0 Å². The van der Waals surface area contributed by atoms with Crippen molar-refractivity contribution < 1.29 is 9.59 Å². The summed E-state index contributed by atoms with van der Waals surface area (Å²) in [7, 11) is 0. The van der Waals surface area contributed by atoms with Crippen molar-refractivity contribution >= 4 is 23.2 Å². The van der Waals surface area contributed by atoms with E-state index in [0.29, 0.717) is 26.2 Å². The summed E-state index contributed by atoms with van der Waals surface area (Å²) < 4.78 is 0. The van der Waals surface area contributed by atoms with Crippen molar-refractivity contribution in [1.29, 1.82) is 0 Å². The van der Waals surface area contributed by atoms with Crippen molar-refractivity contribution in [2.75, 3.05) is 26.2 Å². The van der Waals surface area contributed by atoms with Crippen LogP contribution in [0.2, 0.25) is 0 Å². The van der Waals surface area contributed by atoms with Gasteiger partial charge in [0, 0.05) is 31.7 Å². The number of carbonyl (C=O) groups excluding carboxylic acids is 2. The minimum absolute atomic E-state index is 0.0517. The third-order valence-corrected chi connectivity index (χ3v) is 5.66. The molecule has 0 atom stereocenters. The van der Waals surface area contributed by atoms with Crippen LogP contribution >= 0.6 is 11.3 Å². The molecule has 2 amide bonds. The van der Waals surface area contributed by atoms with Gasteiger partial charge in [-0.15, -0.1) is 11.3 Å². The summed E-state index contributed by atoms with van der Waals surface area (Å²) in [6.45, 7) is 9.05. The quantitative estimate of drug-likeness (QED) is 0.801. The molecule has 4 nitrogen and oxygen atoms in total. The summed E-state index contributed by atoms with van der Waals surface area (Å²) in [6, 6.07) is 11.7. The summed E-state index contributed by atoms with van der Waals surface area (Å²) in [5.41, 5.74) is 2.01. The van der Waals surface area contributed by atoms with Gasteiger partial charge in [-0.25, -0.2) is 0 Å². The lowest BCUT2D eigenvalue weighted by atomic mass is 9.86. The molecule has 1 aliphatic rings. The monoisotopic (exact) mass is 370 g/mol. The first kappa shape index (κ1) is 18.6. The van der Waals surface area contributed by atoms with Gasteiger partial charge in [0.1, 0.15) is 0 Å². The summed E-state index contributed by atoms with van der Waals surface area (Å²) in [5, 5.41) is 1.92. The highest BCUT2D eigenvalue weighted by atomic mass is 32.1. The highest BCUT2D eigenvalue weighted by Gasteiger charge is 2.24. The molecule has 0 unspecified atom stereocenters. The molecule has 1 aromatic carbocycles. The number of carbonyl (C=O) groups is 2. The average molecular weight is 371 g/mol. The molecular weight excluding hydrogens is 344 g/mol. The summed E-state index contributed by atoms with van der Waals surface area (Å²) in [5.74, 6) is 0.125. The van der Waals surface area contributed by atoms with E-state index in [1.165, 1.54) is 16.9 Å². The summed E-state index contributed by atoms with van der Waals surface area (Å²) >= 11 is 1.47. The molecule has 26 heavy (non-hydrogen) atoms. The molecule has 2 aromatic rings. The number of benzene rings is 1. The molecule has 0 saturated carbocycles. The summed E-state index contributed by atoms with van der Waals surface area (Å²) in [4.78, 5) is 29.9. The lowest BCUT2D eigenvalue weighted by Gasteiger charge is -2.23. The summed E-state index contributed by atoms with van der Waals surface area (Å²) in [6.07, 6.45) is 0.808.